The molecule has 0 amide bonds. The lowest BCUT2D eigenvalue weighted by Gasteiger charge is -1.98. The van der Waals surface area contributed by atoms with Gasteiger partial charge in [-0.1, -0.05) is 18.2 Å². The van der Waals surface area contributed by atoms with Crippen LogP contribution in [0.2, 0.25) is 0 Å². The highest BCUT2D eigenvalue weighted by Gasteiger charge is 1.97. The summed E-state index contributed by atoms with van der Waals surface area (Å²) in [6, 6.07) is 9.47. The molecule has 1 rings (SSSR count). The van der Waals surface area contributed by atoms with Crippen molar-refractivity contribution >= 4 is 17.3 Å². The minimum atomic E-state index is 0.135. The molecular formula is C11H14N2O. The number of ketones is 1. The molecule has 0 saturated heterocycles. The Morgan fingerprint density at radius 2 is 1.93 bits per heavy atom. The van der Waals surface area contributed by atoms with E-state index in [0.717, 1.165) is 5.69 Å². The highest BCUT2D eigenvalue weighted by molar-refractivity contribution is 5.87. The van der Waals surface area contributed by atoms with Gasteiger partial charge in [0.2, 0.25) is 0 Å². The molecule has 0 bridgehead atoms. The van der Waals surface area contributed by atoms with Gasteiger partial charge in [-0.25, -0.2) is 4.99 Å². The molecule has 0 unspecified atom stereocenters. The number of amidine groups is 1. The Balaban J connectivity index is 2.56. The standard InChI is InChI=1S/C11H14N2O/c1-9(14)7-8-11(12)13-10-5-3-2-4-6-10/h2-6H,7-8H2,1H3,(H2,12,13). The van der Waals surface area contributed by atoms with Gasteiger partial charge in [0.1, 0.15) is 11.6 Å². The maximum Gasteiger partial charge on any atom is 0.130 e. The lowest BCUT2D eigenvalue weighted by atomic mass is 10.2. The van der Waals surface area contributed by atoms with Gasteiger partial charge in [-0.05, 0) is 19.1 Å². The van der Waals surface area contributed by atoms with Crippen LogP contribution in [0.15, 0.2) is 35.3 Å². The first-order chi connectivity index (χ1) is 6.68. The van der Waals surface area contributed by atoms with Gasteiger partial charge in [0.25, 0.3) is 0 Å². The van der Waals surface area contributed by atoms with Gasteiger partial charge < -0.3 is 10.5 Å². The molecule has 0 aliphatic heterocycles. The van der Waals surface area contributed by atoms with E-state index in [1.165, 1.54) is 0 Å². The summed E-state index contributed by atoms with van der Waals surface area (Å²) in [5.41, 5.74) is 6.48. The Morgan fingerprint density at radius 1 is 1.29 bits per heavy atom. The van der Waals surface area contributed by atoms with E-state index in [2.05, 4.69) is 4.99 Å². The number of Topliss-reactive ketones (excluding diaryl/α,β-unsaturated/α-hetero) is 1. The fourth-order valence-electron chi connectivity index (χ4n) is 1.03. The molecule has 1 aromatic rings. The van der Waals surface area contributed by atoms with Crippen LogP contribution in [0.4, 0.5) is 5.69 Å². The second-order valence-corrected chi connectivity index (χ2v) is 3.14. The Morgan fingerprint density at radius 3 is 2.50 bits per heavy atom. The first kappa shape index (κ1) is 10.4. The van der Waals surface area contributed by atoms with Crippen molar-refractivity contribution in [2.24, 2.45) is 10.7 Å². The molecule has 3 nitrogen and oxygen atoms in total. The van der Waals surface area contributed by atoms with Crippen molar-refractivity contribution in [2.45, 2.75) is 19.8 Å². The molecule has 1 aromatic carbocycles. The Hall–Kier alpha value is -1.64. The summed E-state index contributed by atoms with van der Waals surface area (Å²) in [5, 5.41) is 0. The third-order valence-electron chi connectivity index (χ3n) is 1.76. The second-order valence-electron chi connectivity index (χ2n) is 3.14. The predicted molar refractivity (Wildman–Crippen MR) is 57.6 cm³/mol. The summed E-state index contributed by atoms with van der Waals surface area (Å²) in [5.74, 6) is 0.641. The smallest absolute Gasteiger partial charge is 0.130 e. The Labute approximate surface area is 83.7 Å². The molecule has 0 aliphatic carbocycles. The van der Waals surface area contributed by atoms with Crippen LogP contribution in [0.1, 0.15) is 19.8 Å². The molecule has 0 aliphatic rings. The van der Waals surface area contributed by atoms with Crippen LogP contribution in [0, 0.1) is 0 Å². The number of hydrogen-bond donors (Lipinski definition) is 1. The molecule has 0 fully saturated rings. The normalized spacial score (nSPS) is 11.4. The zero-order chi connectivity index (χ0) is 10.4. The Kier molecular flexibility index (Phi) is 3.85. The molecule has 3 heteroatoms. The molecule has 0 spiro atoms. The maximum atomic E-state index is 10.7. The Bertz CT molecular complexity index is 330. The van der Waals surface area contributed by atoms with Crippen molar-refractivity contribution in [3.05, 3.63) is 30.3 Å². The van der Waals surface area contributed by atoms with Gasteiger partial charge in [0.15, 0.2) is 0 Å². The van der Waals surface area contributed by atoms with Gasteiger partial charge in [-0.15, -0.1) is 0 Å². The molecule has 14 heavy (non-hydrogen) atoms. The molecular weight excluding hydrogens is 176 g/mol. The van der Waals surface area contributed by atoms with Crippen molar-refractivity contribution in [1.82, 2.24) is 0 Å². The van der Waals surface area contributed by atoms with Gasteiger partial charge in [-0.3, -0.25) is 0 Å². The molecule has 0 aromatic heterocycles. The molecule has 0 atom stereocenters. The van der Waals surface area contributed by atoms with E-state index >= 15 is 0 Å². The van der Waals surface area contributed by atoms with E-state index < -0.39 is 0 Å². The monoisotopic (exact) mass is 190 g/mol. The van der Waals surface area contributed by atoms with Crippen LogP contribution >= 0.6 is 0 Å². The quantitative estimate of drug-likeness (QED) is 0.583. The third-order valence-corrected chi connectivity index (χ3v) is 1.76. The van der Waals surface area contributed by atoms with Gasteiger partial charge in [-0.2, -0.15) is 0 Å². The van der Waals surface area contributed by atoms with Crippen molar-refractivity contribution in [3.63, 3.8) is 0 Å². The van der Waals surface area contributed by atoms with Crippen LogP contribution in [0.3, 0.4) is 0 Å². The SMILES string of the molecule is CC(=O)CCC(N)=Nc1ccccc1. The molecule has 0 heterocycles. The van der Waals surface area contributed by atoms with Gasteiger partial charge in [0, 0.05) is 12.8 Å². The van der Waals surface area contributed by atoms with E-state index in [1.807, 2.05) is 30.3 Å². The highest BCUT2D eigenvalue weighted by Crippen LogP contribution is 2.10. The minimum Gasteiger partial charge on any atom is -0.387 e. The summed E-state index contributed by atoms with van der Waals surface area (Å²) >= 11 is 0. The third kappa shape index (κ3) is 3.85. The second kappa shape index (κ2) is 5.17. The van der Waals surface area contributed by atoms with Crippen LogP contribution in [0.5, 0.6) is 0 Å². The van der Waals surface area contributed by atoms with Gasteiger partial charge in [0.05, 0.1) is 5.69 Å². The van der Waals surface area contributed by atoms with Crippen molar-refractivity contribution in [3.8, 4) is 0 Å². The van der Waals surface area contributed by atoms with E-state index in [1.54, 1.807) is 6.92 Å². The number of aliphatic imine (C=N–C) groups is 1. The van der Waals surface area contributed by atoms with Crippen LogP contribution in [-0.4, -0.2) is 11.6 Å². The molecule has 0 radical (unpaired) electrons. The van der Waals surface area contributed by atoms with Crippen LogP contribution < -0.4 is 5.73 Å². The predicted octanol–water partition coefficient (Wildman–Crippen LogP) is 2.04. The average Bonchev–Trinajstić information content (AvgIpc) is 2.16. The highest BCUT2D eigenvalue weighted by atomic mass is 16.1. The lowest BCUT2D eigenvalue weighted by molar-refractivity contribution is -0.116. The molecule has 2 N–H and O–H groups in total. The van der Waals surface area contributed by atoms with E-state index in [0.29, 0.717) is 18.7 Å². The summed E-state index contributed by atoms with van der Waals surface area (Å²) < 4.78 is 0. The van der Waals surface area contributed by atoms with E-state index in [-0.39, 0.29) is 5.78 Å². The zero-order valence-corrected chi connectivity index (χ0v) is 8.23. The molecule has 0 saturated carbocycles. The lowest BCUT2D eigenvalue weighted by Crippen LogP contribution is -2.12. The summed E-state index contributed by atoms with van der Waals surface area (Å²) in [7, 11) is 0. The number of carbonyl (C=O) groups is 1. The zero-order valence-electron chi connectivity index (χ0n) is 8.23. The number of benzene rings is 1. The fourth-order valence-corrected chi connectivity index (χ4v) is 1.03. The van der Waals surface area contributed by atoms with E-state index in [9.17, 15) is 4.79 Å². The van der Waals surface area contributed by atoms with Gasteiger partial charge >= 0.3 is 0 Å². The number of nitrogens with zero attached hydrogens (tertiary/aromatic N) is 1. The van der Waals surface area contributed by atoms with Crippen molar-refractivity contribution in [1.29, 1.82) is 0 Å². The largest absolute Gasteiger partial charge is 0.387 e. The molecule has 74 valence electrons. The number of hydrogen-bond acceptors (Lipinski definition) is 2. The fraction of sp³-hybridized carbons (Fsp3) is 0.273. The number of carbonyl (C=O) groups excluding carboxylic acids is 1. The first-order valence-corrected chi connectivity index (χ1v) is 4.56. The first-order valence-electron chi connectivity index (χ1n) is 4.56. The summed E-state index contributed by atoms with van der Waals surface area (Å²) in [6.07, 6.45) is 0.992. The minimum absolute atomic E-state index is 0.135. The average molecular weight is 190 g/mol. The number of para-hydroxylation sites is 1. The summed E-state index contributed by atoms with van der Waals surface area (Å²) in [6.45, 7) is 1.55. The number of rotatable bonds is 4. The maximum absolute atomic E-state index is 10.7. The van der Waals surface area contributed by atoms with Crippen LogP contribution in [-0.2, 0) is 4.79 Å². The summed E-state index contributed by atoms with van der Waals surface area (Å²) in [4.78, 5) is 14.9. The van der Waals surface area contributed by atoms with Crippen molar-refractivity contribution < 1.29 is 4.79 Å². The number of nitrogens with two attached hydrogens (primary N) is 1. The topological polar surface area (TPSA) is 55.5 Å². The van der Waals surface area contributed by atoms with E-state index in [4.69, 9.17) is 5.73 Å². The van der Waals surface area contributed by atoms with Crippen LogP contribution in [0.25, 0.3) is 0 Å². The van der Waals surface area contributed by atoms with Crippen molar-refractivity contribution in [2.75, 3.05) is 0 Å².